The van der Waals surface area contributed by atoms with Crippen molar-refractivity contribution in [3.05, 3.63) is 0 Å². The Balaban J connectivity index is 1.97. The molecule has 0 radical (unpaired) electrons. The van der Waals surface area contributed by atoms with Crippen LogP contribution >= 0.6 is 0 Å². The predicted octanol–water partition coefficient (Wildman–Crippen LogP) is 1.74. The second kappa shape index (κ2) is 2.84. The molecule has 1 aliphatic carbocycles. The van der Waals surface area contributed by atoms with Crippen LogP contribution < -0.4 is 0 Å². The summed E-state index contributed by atoms with van der Waals surface area (Å²) in [5, 5.41) is 0. The predicted molar refractivity (Wildman–Crippen MR) is 41.0 cm³/mol. The Morgan fingerprint density at radius 3 is 2.45 bits per heavy atom. The molecule has 2 rings (SSSR count). The molecule has 1 saturated carbocycles. The van der Waals surface area contributed by atoms with Crippen molar-refractivity contribution in [2.24, 2.45) is 11.8 Å². The highest BCUT2D eigenvalue weighted by Crippen LogP contribution is 2.35. The molecule has 1 saturated heterocycles. The van der Waals surface area contributed by atoms with Crippen LogP contribution in [-0.4, -0.2) is 12.6 Å². The number of ether oxygens (including phenoxy) is 1. The van der Waals surface area contributed by atoms with Gasteiger partial charge < -0.3 is 4.74 Å². The fraction of sp³-hybridized carbons (Fsp3) is 0.889. The Morgan fingerprint density at radius 1 is 1.18 bits per heavy atom. The minimum Gasteiger partial charge on any atom is -0.465 e. The summed E-state index contributed by atoms with van der Waals surface area (Å²) in [6.45, 7) is 0.667. The van der Waals surface area contributed by atoms with Gasteiger partial charge in [-0.2, -0.15) is 0 Å². The molecule has 2 nitrogen and oxygen atoms in total. The van der Waals surface area contributed by atoms with Crippen molar-refractivity contribution in [3.63, 3.8) is 0 Å². The lowest BCUT2D eigenvalue weighted by atomic mass is 9.90. The fourth-order valence-corrected chi connectivity index (χ4v) is 2.30. The van der Waals surface area contributed by atoms with E-state index in [2.05, 4.69) is 0 Å². The average Bonchev–Trinajstić information content (AvgIpc) is 2.55. The number of rotatable bonds is 1. The van der Waals surface area contributed by atoms with Gasteiger partial charge in [0.15, 0.2) is 0 Å². The summed E-state index contributed by atoms with van der Waals surface area (Å²) in [7, 11) is 0. The van der Waals surface area contributed by atoms with Crippen molar-refractivity contribution in [1.82, 2.24) is 0 Å². The lowest BCUT2D eigenvalue weighted by Crippen LogP contribution is -2.16. The van der Waals surface area contributed by atoms with Crippen LogP contribution in [-0.2, 0) is 9.53 Å². The summed E-state index contributed by atoms with van der Waals surface area (Å²) in [5.74, 6) is 0.986. The van der Waals surface area contributed by atoms with Crippen molar-refractivity contribution >= 4 is 5.97 Å². The smallest absolute Gasteiger partial charge is 0.309 e. The second-order valence-electron chi connectivity index (χ2n) is 3.61. The molecule has 2 fully saturated rings. The van der Waals surface area contributed by atoms with Crippen molar-refractivity contribution in [3.8, 4) is 0 Å². The lowest BCUT2D eigenvalue weighted by molar-refractivity contribution is -0.142. The first kappa shape index (κ1) is 7.14. The topological polar surface area (TPSA) is 26.3 Å². The molecule has 62 valence electrons. The van der Waals surface area contributed by atoms with Crippen LogP contribution in [0.25, 0.3) is 0 Å². The molecule has 0 spiro atoms. The van der Waals surface area contributed by atoms with Gasteiger partial charge in [-0.15, -0.1) is 0 Å². The van der Waals surface area contributed by atoms with Crippen LogP contribution in [0.15, 0.2) is 0 Å². The lowest BCUT2D eigenvalue weighted by Gasteiger charge is -2.12. The maximum atomic E-state index is 11.1. The van der Waals surface area contributed by atoms with E-state index >= 15 is 0 Å². The summed E-state index contributed by atoms with van der Waals surface area (Å²) in [4.78, 5) is 11.1. The van der Waals surface area contributed by atoms with E-state index in [0.29, 0.717) is 12.5 Å². The zero-order valence-corrected chi connectivity index (χ0v) is 6.71. The number of esters is 1. The minimum atomic E-state index is 0.0666. The molecular formula is C9H14O2. The van der Waals surface area contributed by atoms with Crippen molar-refractivity contribution in [2.75, 3.05) is 6.61 Å². The molecule has 1 heterocycles. The highest BCUT2D eigenvalue weighted by Gasteiger charge is 2.35. The molecule has 0 aromatic rings. The van der Waals surface area contributed by atoms with Crippen LogP contribution in [0.5, 0.6) is 0 Å². The molecule has 0 N–H and O–H groups in total. The summed E-state index contributed by atoms with van der Waals surface area (Å²) >= 11 is 0. The van der Waals surface area contributed by atoms with Gasteiger partial charge in [-0.05, 0) is 25.2 Å². The molecular weight excluding hydrogens is 140 g/mol. The number of hydrogen-bond acceptors (Lipinski definition) is 2. The van der Waals surface area contributed by atoms with E-state index in [9.17, 15) is 4.79 Å². The molecule has 1 atom stereocenters. The van der Waals surface area contributed by atoms with Crippen LogP contribution in [0.2, 0.25) is 0 Å². The largest absolute Gasteiger partial charge is 0.465 e. The summed E-state index contributed by atoms with van der Waals surface area (Å²) < 4.78 is 4.94. The highest BCUT2D eigenvalue weighted by atomic mass is 16.5. The first-order valence-corrected chi connectivity index (χ1v) is 4.54. The minimum absolute atomic E-state index is 0.0666. The molecule has 2 heteroatoms. The molecule has 0 aromatic carbocycles. The van der Waals surface area contributed by atoms with Gasteiger partial charge in [0, 0.05) is 0 Å². The Hall–Kier alpha value is -0.530. The average molecular weight is 154 g/mol. The van der Waals surface area contributed by atoms with Gasteiger partial charge >= 0.3 is 5.97 Å². The maximum absolute atomic E-state index is 11.1. The van der Waals surface area contributed by atoms with E-state index in [1.165, 1.54) is 25.7 Å². The van der Waals surface area contributed by atoms with Gasteiger partial charge in [0.25, 0.3) is 0 Å². The fourth-order valence-electron chi connectivity index (χ4n) is 2.30. The van der Waals surface area contributed by atoms with E-state index in [-0.39, 0.29) is 11.9 Å². The Kier molecular flexibility index (Phi) is 1.84. The number of hydrogen-bond donors (Lipinski definition) is 0. The first-order valence-electron chi connectivity index (χ1n) is 4.54. The second-order valence-corrected chi connectivity index (χ2v) is 3.61. The molecule has 1 aliphatic heterocycles. The number of carbonyl (C=O) groups excluding carboxylic acids is 1. The summed E-state index contributed by atoms with van der Waals surface area (Å²) in [6.07, 6.45) is 6.10. The van der Waals surface area contributed by atoms with E-state index in [1.54, 1.807) is 0 Å². The van der Waals surface area contributed by atoms with Crippen LogP contribution in [0, 0.1) is 11.8 Å². The van der Waals surface area contributed by atoms with Crippen LogP contribution in [0.3, 0.4) is 0 Å². The summed E-state index contributed by atoms with van der Waals surface area (Å²) in [5.41, 5.74) is 0. The SMILES string of the molecule is O=C1OCCC1C1CCCC1. The van der Waals surface area contributed by atoms with E-state index in [4.69, 9.17) is 4.74 Å². The standard InChI is InChI=1S/C9H14O2/c10-9-8(5-6-11-9)7-3-1-2-4-7/h7-8H,1-6H2. The van der Waals surface area contributed by atoms with Crippen molar-refractivity contribution in [1.29, 1.82) is 0 Å². The number of carbonyl (C=O) groups is 1. The summed E-state index contributed by atoms with van der Waals surface area (Å²) in [6, 6.07) is 0. The Morgan fingerprint density at radius 2 is 1.91 bits per heavy atom. The third-order valence-corrected chi connectivity index (χ3v) is 2.94. The molecule has 2 aliphatic rings. The molecule has 0 aromatic heterocycles. The zero-order valence-electron chi connectivity index (χ0n) is 6.71. The van der Waals surface area contributed by atoms with E-state index in [1.807, 2.05) is 0 Å². The normalized spacial score (nSPS) is 32.7. The van der Waals surface area contributed by atoms with Crippen LogP contribution in [0.1, 0.15) is 32.1 Å². The van der Waals surface area contributed by atoms with Gasteiger partial charge in [-0.3, -0.25) is 4.79 Å². The van der Waals surface area contributed by atoms with Gasteiger partial charge in [0.2, 0.25) is 0 Å². The monoisotopic (exact) mass is 154 g/mol. The van der Waals surface area contributed by atoms with Gasteiger partial charge in [0.1, 0.15) is 0 Å². The number of cyclic esters (lactones) is 1. The van der Waals surface area contributed by atoms with Crippen molar-refractivity contribution in [2.45, 2.75) is 32.1 Å². The third-order valence-electron chi connectivity index (χ3n) is 2.94. The van der Waals surface area contributed by atoms with Crippen LogP contribution in [0.4, 0.5) is 0 Å². The van der Waals surface area contributed by atoms with Gasteiger partial charge in [-0.1, -0.05) is 12.8 Å². The maximum Gasteiger partial charge on any atom is 0.309 e. The van der Waals surface area contributed by atoms with Gasteiger partial charge in [0.05, 0.1) is 12.5 Å². The Bertz CT molecular complexity index is 159. The van der Waals surface area contributed by atoms with Crippen molar-refractivity contribution < 1.29 is 9.53 Å². The highest BCUT2D eigenvalue weighted by molar-refractivity contribution is 5.74. The molecule has 1 unspecified atom stereocenters. The molecule has 0 amide bonds. The zero-order chi connectivity index (χ0) is 7.68. The third kappa shape index (κ3) is 1.26. The quantitative estimate of drug-likeness (QED) is 0.538. The molecule has 0 bridgehead atoms. The van der Waals surface area contributed by atoms with E-state index < -0.39 is 0 Å². The van der Waals surface area contributed by atoms with Gasteiger partial charge in [-0.25, -0.2) is 0 Å². The first-order chi connectivity index (χ1) is 5.38. The van der Waals surface area contributed by atoms with E-state index in [0.717, 1.165) is 6.42 Å². The molecule has 11 heavy (non-hydrogen) atoms. The Labute approximate surface area is 66.9 Å².